The Morgan fingerprint density at radius 3 is 2.57 bits per heavy atom. The second-order valence-electron chi connectivity index (χ2n) is 4.91. The number of ketones is 1. The van der Waals surface area contributed by atoms with Crippen molar-refractivity contribution in [3.63, 3.8) is 0 Å². The molecule has 23 heavy (non-hydrogen) atoms. The first kappa shape index (κ1) is 16.7. The summed E-state index contributed by atoms with van der Waals surface area (Å²) >= 11 is 0. The number of Topliss-reactive ketones (excluding diaryl/α,β-unsaturated/α-hetero) is 1. The molecule has 1 aliphatic carbocycles. The van der Waals surface area contributed by atoms with Crippen molar-refractivity contribution in [3.8, 4) is 11.8 Å². The van der Waals surface area contributed by atoms with Gasteiger partial charge in [0, 0.05) is 12.2 Å². The van der Waals surface area contributed by atoms with E-state index < -0.39 is 11.4 Å². The molecule has 0 spiro atoms. The molecule has 0 saturated heterocycles. The monoisotopic (exact) mass is 313 g/mol. The molecule has 0 fully saturated rings. The molecule has 0 amide bonds. The molecule has 0 aromatic heterocycles. The Bertz CT molecular complexity index is 684. The lowest BCUT2D eigenvalue weighted by molar-refractivity contribution is -0.138. The van der Waals surface area contributed by atoms with Gasteiger partial charge in [0.2, 0.25) is 5.76 Å². The summed E-state index contributed by atoms with van der Waals surface area (Å²) in [5.74, 6) is 4.90. The van der Waals surface area contributed by atoms with Crippen LogP contribution in [-0.4, -0.2) is 43.8 Å². The Kier molecular flexibility index (Phi) is 5.09. The molecule has 0 bridgehead atoms. The third-order valence-electron chi connectivity index (χ3n) is 3.49. The van der Waals surface area contributed by atoms with Crippen LogP contribution in [-0.2, 0) is 14.3 Å². The highest BCUT2D eigenvalue weighted by atomic mass is 16.5. The number of methoxy groups -OCH3 is 2. The Morgan fingerprint density at radius 2 is 2.00 bits per heavy atom. The summed E-state index contributed by atoms with van der Waals surface area (Å²) in [6.07, 6.45) is 1.77. The molecule has 1 aromatic carbocycles. The van der Waals surface area contributed by atoms with E-state index in [2.05, 4.69) is 18.4 Å². The number of hydrogen-bond acceptors (Lipinski definition) is 5. The summed E-state index contributed by atoms with van der Waals surface area (Å²) in [6.45, 7) is 4.67. The number of carbonyl (C=O) groups excluding carboxylic acids is 1. The molecule has 5 heteroatoms. The number of ether oxygens (including phenoxy) is 2. The van der Waals surface area contributed by atoms with Crippen LogP contribution in [0.4, 0.5) is 5.69 Å². The third-order valence-corrected chi connectivity index (χ3v) is 3.49. The van der Waals surface area contributed by atoms with Crippen molar-refractivity contribution in [1.82, 2.24) is 0 Å². The molecule has 1 N–H and O–H groups in total. The summed E-state index contributed by atoms with van der Waals surface area (Å²) in [5.41, 5.74) is -0.940. The van der Waals surface area contributed by atoms with E-state index in [1.807, 2.05) is 35.2 Å². The highest BCUT2D eigenvalue weighted by molar-refractivity contribution is 6.12. The molecule has 2 rings (SSSR count). The lowest BCUT2D eigenvalue weighted by atomic mass is 9.83. The maximum absolute atomic E-state index is 11.9. The molecule has 1 aromatic rings. The van der Waals surface area contributed by atoms with Gasteiger partial charge in [-0.25, -0.2) is 0 Å². The Labute approximate surface area is 135 Å². The van der Waals surface area contributed by atoms with Crippen molar-refractivity contribution in [2.75, 3.05) is 32.2 Å². The second-order valence-corrected chi connectivity index (χ2v) is 4.91. The van der Waals surface area contributed by atoms with E-state index in [9.17, 15) is 9.90 Å². The fraction of sp³-hybridized carbons (Fsp3) is 0.278. The van der Waals surface area contributed by atoms with E-state index in [4.69, 9.17) is 9.47 Å². The average Bonchev–Trinajstić information content (AvgIpc) is 2.58. The van der Waals surface area contributed by atoms with E-state index in [1.54, 1.807) is 6.08 Å². The third kappa shape index (κ3) is 3.08. The number of carbonyl (C=O) groups is 1. The van der Waals surface area contributed by atoms with Gasteiger partial charge in [0.05, 0.1) is 20.8 Å². The Hall–Kier alpha value is -2.71. The van der Waals surface area contributed by atoms with E-state index in [0.29, 0.717) is 13.1 Å². The molecule has 1 unspecified atom stereocenters. The molecule has 0 heterocycles. The molecule has 5 nitrogen and oxygen atoms in total. The normalized spacial score (nSPS) is 19.3. The van der Waals surface area contributed by atoms with Crippen molar-refractivity contribution in [1.29, 1.82) is 0 Å². The lowest BCUT2D eigenvalue weighted by Gasteiger charge is -2.32. The maximum Gasteiger partial charge on any atom is 0.254 e. The van der Waals surface area contributed by atoms with Crippen LogP contribution in [0.15, 0.2) is 54.5 Å². The zero-order valence-electron chi connectivity index (χ0n) is 13.2. The van der Waals surface area contributed by atoms with Gasteiger partial charge in [-0.3, -0.25) is 4.79 Å². The van der Waals surface area contributed by atoms with E-state index in [1.165, 1.54) is 14.2 Å². The molecule has 120 valence electrons. The van der Waals surface area contributed by atoms with Crippen LogP contribution in [0.25, 0.3) is 0 Å². The van der Waals surface area contributed by atoms with Gasteiger partial charge in [-0.1, -0.05) is 30.2 Å². The van der Waals surface area contributed by atoms with E-state index in [-0.39, 0.29) is 11.5 Å². The summed E-state index contributed by atoms with van der Waals surface area (Å²) < 4.78 is 9.90. The van der Waals surface area contributed by atoms with Crippen LogP contribution in [0.3, 0.4) is 0 Å². The minimum atomic E-state index is -1.92. The predicted molar refractivity (Wildman–Crippen MR) is 87.6 cm³/mol. The van der Waals surface area contributed by atoms with Gasteiger partial charge in [-0.15, -0.1) is 6.58 Å². The van der Waals surface area contributed by atoms with Crippen molar-refractivity contribution in [3.05, 3.63) is 54.5 Å². The number of benzene rings is 1. The second kappa shape index (κ2) is 7.03. The first-order valence-electron chi connectivity index (χ1n) is 7.09. The molecule has 1 aliphatic rings. The van der Waals surface area contributed by atoms with Gasteiger partial charge in [-0.05, 0) is 18.1 Å². The number of rotatable bonds is 6. The first-order chi connectivity index (χ1) is 11.1. The molecular weight excluding hydrogens is 294 g/mol. The van der Waals surface area contributed by atoms with Gasteiger partial charge >= 0.3 is 0 Å². The zero-order chi connectivity index (χ0) is 16.9. The maximum atomic E-state index is 11.9. The van der Waals surface area contributed by atoms with E-state index >= 15 is 0 Å². The first-order valence-corrected chi connectivity index (χ1v) is 7.09. The minimum absolute atomic E-state index is 0.00954. The molecule has 0 saturated carbocycles. The SMILES string of the molecule is C=CCN(CC#CC1(O)C(=O)C(OC)=C1OC)c1ccccc1. The average molecular weight is 313 g/mol. The highest BCUT2D eigenvalue weighted by Gasteiger charge is 2.55. The summed E-state index contributed by atoms with van der Waals surface area (Å²) in [5, 5.41) is 10.3. The lowest BCUT2D eigenvalue weighted by Crippen LogP contribution is -2.51. The highest BCUT2D eigenvalue weighted by Crippen LogP contribution is 2.35. The van der Waals surface area contributed by atoms with Crippen LogP contribution in [0.2, 0.25) is 0 Å². The predicted octanol–water partition coefficient (Wildman–Crippen LogP) is 1.50. The molecule has 0 radical (unpaired) electrons. The van der Waals surface area contributed by atoms with Crippen LogP contribution in [0.5, 0.6) is 0 Å². The fourth-order valence-electron chi connectivity index (χ4n) is 2.33. The van der Waals surface area contributed by atoms with Crippen LogP contribution < -0.4 is 4.90 Å². The van der Waals surface area contributed by atoms with Crippen LogP contribution in [0, 0.1) is 11.8 Å². The smallest absolute Gasteiger partial charge is 0.254 e. The Morgan fingerprint density at radius 1 is 1.30 bits per heavy atom. The van der Waals surface area contributed by atoms with E-state index in [0.717, 1.165) is 5.69 Å². The van der Waals surface area contributed by atoms with Gasteiger partial charge < -0.3 is 19.5 Å². The zero-order valence-corrected chi connectivity index (χ0v) is 13.2. The quantitative estimate of drug-likeness (QED) is 0.637. The van der Waals surface area contributed by atoms with Crippen molar-refractivity contribution in [2.45, 2.75) is 5.60 Å². The molecule has 0 aliphatic heterocycles. The number of hydrogen-bond donors (Lipinski definition) is 1. The summed E-state index contributed by atoms with van der Waals surface area (Å²) in [6, 6.07) is 9.70. The van der Waals surface area contributed by atoms with Crippen LogP contribution >= 0.6 is 0 Å². The minimum Gasteiger partial charge on any atom is -0.493 e. The van der Waals surface area contributed by atoms with Gasteiger partial charge in [-0.2, -0.15) is 0 Å². The van der Waals surface area contributed by atoms with Gasteiger partial charge in [0.1, 0.15) is 0 Å². The fourth-order valence-corrected chi connectivity index (χ4v) is 2.33. The van der Waals surface area contributed by atoms with Crippen molar-refractivity contribution < 1.29 is 19.4 Å². The molecular formula is C18H19NO4. The largest absolute Gasteiger partial charge is 0.493 e. The van der Waals surface area contributed by atoms with Gasteiger partial charge in [0.25, 0.3) is 11.4 Å². The molecule has 1 atom stereocenters. The van der Waals surface area contributed by atoms with Crippen LogP contribution in [0.1, 0.15) is 0 Å². The standard InChI is InChI=1S/C18H19NO4/c1-4-12-19(14-9-6-5-7-10-14)13-8-11-18(21)16(20)15(22-2)17(18)23-3/h4-7,9-10,21H,1,12-13H2,2-3H3. The van der Waals surface area contributed by atoms with Gasteiger partial charge in [0.15, 0.2) is 5.76 Å². The number of nitrogens with zero attached hydrogens (tertiary/aromatic N) is 1. The number of anilines is 1. The van der Waals surface area contributed by atoms with Crippen molar-refractivity contribution >= 4 is 11.5 Å². The topological polar surface area (TPSA) is 59.0 Å². The summed E-state index contributed by atoms with van der Waals surface area (Å²) in [4.78, 5) is 13.9. The number of aliphatic hydroxyl groups is 1. The summed E-state index contributed by atoms with van der Waals surface area (Å²) in [7, 11) is 2.71. The Balaban J connectivity index is 2.17. The van der Waals surface area contributed by atoms with Crippen molar-refractivity contribution in [2.24, 2.45) is 0 Å². The number of para-hydroxylation sites is 1.